The number of halogens is 1. The van der Waals surface area contributed by atoms with Gasteiger partial charge in [-0.2, -0.15) is 0 Å². The molecule has 1 aromatic rings. The summed E-state index contributed by atoms with van der Waals surface area (Å²) in [6.07, 6.45) is 3.19. The Morgan fingerprint density at radius 2 is 1.95 bits per heavy atom. The first-order chi connectivity index (χ1) is 9.61. The van der Waals surface area contributed by atoms with Crippen molar-refractivity contribution in [3.8, 4) is 0 Å². The molecule has 0 atom stereocenters. The second kappa shape index (κ2) is 9.07. The van der Waals surface area contributed by atoms with E-state index in [2.05, 4.69) is 17.6 Å². The summed E-state index contributed by atoms with van der Waals surface area (Å²) in [5.74, 6) is -0.864. The summed E-state index contributed by atoms with van der Waals surface area (Å²) < 4.78 is 12.9. The number of rotatable bonds is 8. The van der Waals surface area contributed by atoms with Crippen molar-refractivity contribution in [2.45, 2.75) is 32.6 Å². The number of hydrogen-bond donors (Lipinski definition) is 2. The average Bonchev–Trinajstić information content (AvgIpc) is 2.41. The first-order valence-electron chi connectivity index (χ1n) is 6.89. The molecule has 0 saturated carbocycles. The van der Waals surface area contributed by atoms with Crippen LogP contribution in [-0.4, -0.2) is 24.9 Å². The Morgan fingerprint density at radius 1 is 1.15 bits per heavy atom. The van der Waals surface area contributed by atoms with Gasteiger partial charge in [0.05, 0.1) is 13.0 Å². The zero-order valence-corrected chi connectivity index (χ0v) is 11.7. The number of benzene rings is 1. The molecule has 0 heterocycles. The number of carbonyl (C=O) groups is 2. The molecule has 110 valence electrons. The SMILES string of the molecule is CCCCCNC(=O)CNC(=O)Cc1cccc(F)c1. The molecule has 2 amide bonds. The second-order valence-electron chi connectivity index (χ2n) is 4.64. The average molecular weight is 280 g/mol. The van der Waals surface area contributed by atoms with Crippen molar-refractivity contribution in [2.75, 3.05) is 13.1 Å². The van der Waals surface area contributed by atoms with Crippen LogP contribution in [0.1, 0.15) is 31.7 Å². The van der Waals surface area contributed by atoms with E-state index in [-0.39, 0.29) is 30.6 Å². The van der Waals surface area contributed by atoms with Crippen LogP contribution in [0.3, 0.4) is 0 Å². The van der Waals surface area contributed by atoms with E-state index in [1.165, 1.54) is 12.1 Å². The van der Waals surface area contributed by atoms with Crippen LogP contribution < -0.4 is 10.6 Å². The molecule has 4 nitrogen and oxygen atoms in total. The van der Waals surface area contributed by atoms with Gasteiger partial charge in [0.2, 0.25) is 11.8 Å². The van der Waals surface area contributed by atoms with E-state index in [4.69, 9.17) is 0 Å². The largest absolute Gasteiger partial charge is 0.355 e. The molecule has 0 unspecified atom stereocenters. The molecule has 0 spiro atoms. The minimum absolute atomic E-state index is 0.0414. The van der Waals surface area contributed by atoms with Gasteiger partial charge in [-0.25, -0.2) is 4.39 Å². The van der Waals surface area contributed by atoms with Crippen LogP contribution in [0.25, 0.3) is 0 Å². The van der Waals surface area contributed by atoms with Gasteiger partial charge < -0.3 is 10.6 Å². The summed E-state index contributed by atoms with van der Waals surface area (Å²) >= 11 is 0. The molecule has 0 aliphatic heterocycles. The maximum Gasteiger partial charge on any atom is 0.239 e. The predicted molar refractivity (Wildman–Crippen MR) is 75.6 cm³/mol. The summed E-state index contributed by atoms with van der Waals surface area (Å²) in [5.41, 5.74) is 0.589. The first kappa shape index (κ1) is 16.1. The van der Waals surface area contributed by atoms with Crippen LogP contribution in [-0.2, 0) is 16.0 Å². The lowest BCUT2D eigenvalue weighted by molar-refractivity contribution is -0.125. The maximum atomic E-state index is 12.9. The molecule has 0 aromatic heterocycles. The molecular formula is C15H21FN2O2. The van der Waals surface area contributed by atoms with Crippen LogP contribution in [0, 0.1) is 5.82 Å². The van der Waals surface area contributed by atoms with Gasteiger partial charge in [-0.05, 0) is 24.1 Å². The van der Waals surface area contributed by atoms with E-state index in [9.17, 15) is 14.0 Å². The van der Waals surface area contributed by atoms with Gasteiger partial charge in [-0.3, -0.25) is 9.59 Å². The van der Waals surface area contributed by atoms with E-state index >= 15 is 0 Å². The van der Waals surface area contributed by atoms with Gasteiger partial charge in [0, 0.05) is 6.54 Å². The van der Waals surface area contributed by atoms with E-state index in [1.807, 2.05) is 0 Å². The number of carbonyl (C=O) groups excluding carboxylic acids is 2. The maximum absolute atomic E-state index is 12.9. The summed E-state index contributed by atoms with van der Waals surface area (Å²) in [6, 6.07) is 5.86. The molecule has 0 aliphatic carbocycles. The fraction of sp³-hybridized carbons (Fsp3) is 0.467. The normalized spacial score (nSPS) is 10.1. The molecule has 2 N–H and O–H groups in total. The lowest BCUT2D eigenvalue weighted by Gasteiger charge is -2.07. The van der Waals surface area contributed by atoms with Crippen LogP contribution in [0.4, 0.5) is 4.39 Å². The van der Waals surface area contributed by atoms with Crippen molar-refractivity contribution in [2.24, 2.45) is 0 Å². The summed E-state index contributed by atoms with van der Waals surface area (Å²) in [6.45, 7) is 2.68. The summed E-state index contributed by atoms with van der Waals surface area (Å²) in [7, 11) is 0. The summed E-state index contributed by atoms with van der Waals surface area (Å²) in [5, 5.41) is 5.25. The highest BCUT2D eigenvalue weighted by Crippen LogP contribution is 2.03. The van der Waals surface area contributed by atoms with Crippen molar-refractivity contribution >= 4 is 11.8 Å². The molecule has 1 rings (SSSR count). The van der Waals surface area contributed by atoms with E-state index in [0.717, 1.165) is 19.3 Å². The fourth-order valence-electron chi connectivity index (χ4n) is 1.74. The van der Waals surface area contributed by atoms with Crippen LogP contribution in [0.2, 0.25) is 0 Å². The van der Waals surface area contributed by atoms with Crippen LogP contribution in [0.15, 0.2) is 24.3 Å². The second-order valence-corrected chi connectivity index (χ2v) is 4.64. The molecule has 0 saturated heterocycles. The van der Waals surface area contributed by atoms with Crippen molar-refractivity contribution in [3.05, 3.63) is 35.6 Å². The van der Waals surface area contributed by atoms with Gasteiger partial charge in [0.1, 0.15) is 5.82 Å². The van der Waals surface area contributed by atoms with Gasteiger partial charge in [-0.15, -0.1) is 0 Å². The fourth-order valence-corrected chi connectivity index (χ4v) is 1.74. The van der Waals surface area contributed by atoms with Crippen molar-refractivity contribution in [1.82, 2.24) is 10.6 Å². The topological polar surface area (TPSA) is 58.2 Å². The van der Waals surface area contributed by atoms with Gasteiger partial charge in [0.25, 0.3) is 0 Å². The van der Waals surface area contributed by atoms with Crippen LogP contribution >= 0.6 is 0 Å². The third-order valence-electron chi connectivity index (χ3n) is 2.80. The Morgan fingerprint density at radius 3 is 2.65 bits per heavy atom. The number of unbranched alkanes of at least 4 members (excludes halogenated alkanes) is 2. The monoisotopic (exact) mass is 280 g/mol. The predicted octanol–water partition coefficient (Wildman–Crippen LogP) is 1.79. The Hall–Kier alpha value is -1.91. The van der Waals surface area contributed by atoms with Crippen molar-refractivity contribution < 1.29 is 14.0 Å². The standard InChI is InChI=1S/C15H21FN2O2/c1-2-3-4-8-17-15(20)11-18-14(19)10-12-6-5-7-13(16)9-12/h5-7,9H,2-4,8,10-11H2,1H3,(H,17,20)(H,18,19). The lowest BCUT2D eigenvalue weighted by Crippen LogP contribution is -2.37. The molecule has 0 bridgehead atoms. The molecule has 5 heteroatoms. The Kier molecular flexibility index (Phi) is 7.32. The number of nitrogens with one attached hydrogen (secondary N) is 2. The highest BCUT2D eigenvalue weighted by molar-refractivity contribution is 5.85. The molecule has 0 radical (unpaired) electrons. The number of hydrogen-bond acceptors (Lipinski definition) is 2. The molecule has 1 aromatic carbocycles. The Balaban J connectivity index is 2.21. The highest BCUT2D eigenvalue weighted by Gasteiger charge is 2.06. The zero-order chi connectivity index (χ0) is 14.8. The van der Waals surface area contributed by atoms with Gasteiger partial charge in [0.15, 0.2) is 0 Å². The van der Waals surface area contributed by atoms with E-state index in [0.29, 0.717) is 12.1 Å². The zero-order valence-electron chi connectivity index (χ0n) is 11.7. The highest BCUT2D eigenvalue weighted by atomic mass is 19.1. The lowest BCUT2D eigenvalue weighted by atomic mass is 10.1. The van der Waals surface area contributed by atoms with Crippen molar-refractivity contribution in [1.29, 1.82) is 0 Å². The molecular weight excluding hydrogens is 259 g/mol. The first-order valence-corrected chi connectivity index (χ1v) is 6.89. The minimum atomic E-state index is -0.371. The van der Waals surface area contributed by atoms with Crippen molar-refractivity contribution in [3.63, 3.8) is 0 Å². The minimum Gasteiger partial charge on any atom is -0.355 e. The van der Waals surface area contributed by atoms with Gasteiger partial charge in [-0.1, -0.05) is 31.9 Å². The Labute approximate surface area is 118 Å². The van der Waals surface area contributed by atoms with E-state index < -0.39 is 0 Å². The number of amides is 2. The Bertz CT molecular complexity index is 449. The quantitative estimate of drug-likeness (QED) is 0.713. The third-order valence-corrected chi connectivity index (χ3v) is 2.80. The van der Waals surface area contributed by atoms with Crippen LogP contribution in [0.5, 0.6) is 0 Å². The third kappa shape index (κ3) is 6.87. The molecule has 20 heavy (non-hydrogen) atoms. The summed E-state index contributed by atoms with van der Waals surface area (Å²) in [4.78, 5) is 23.0. The molecule has 0 fully saturated rings. The smallest absolute Gasteiger partial charge is 0.239 e. The van der Waals surface area contributed by atoms with Gasteiger partial charge >= 0.3 is 0 Å². The molecule has 0 aliphatic rings. The van der Waals surface area contributed by atoms with E-state index in [1.54, 1.807) is 12.1 Å².